The Balaban J connectivity index is 2.52. The summed E-state index contributed by atoms with van der Waals surface area (Å²) >= 11 is 11.8. The number of aryl methyl sites for hydroxylation is 1. The lowest BCUT2D eigenvalue weighted by molar-refractivity contribution is 0.100. The molecule has 0 aliphatic rings. The van der Waals surface area contributed by atoms with E-state index >= 15 is 0 Å². The fraction of sp³-hybridized carbons (Fsp3) is 0.167. The van der Waals surface area contributed by atoms with E-state index in [1.807, 2.05) is 13.0 Å². The average Bonchev–Trinajstić information content (AvgIpc) is 2.65. The lowest BCUT2D eigenvalue weighted by Crippen LogP contribution is -1.94. The van der Waals surface area contributed by atoms with Gasteiger partial charge in [-0.1, -0.05) is 29.3 Å². The van der Waals surface area contributed by atoms with Gasteiger partial charge in [0.05, 0.1) is 15.7 Å². The first-order valence-corrected chi connectivity index (χ1v) is 5.77. The van der Waals surface area contributed by atoms with Gasteiger partial charge in [-0.3, -0.25) is 4.79 Å². The summed E-state index contributed by atoms with van der Waals surface area (Å²) in [5.74, 6) is 0.253. The highest BCUT2D eigenvalue weighted by molar-refractivity contribution is 6.42. The fourth-order valence-electron chi connectivity index (χ4n) is 1.55. The van der Waals surface area contributed by atoms with E-state index in [1.54, 1.807) is 12.1 Å². The summed E-state index contributed by atoms with van der Waals surface area (Å²) in [5.41, 5.74) is 2.38. The molecule has 0 spiro atoms. The van der Waals surface area contributed by atoms with Gasteiger partial charge in [-0.05, 0) is 19.1 Å². The Morgan fingerprint density at radius 1 is 1.29 bits per heavy atom. The van der Waals surface area contributed by atoms with Crippen LogP contribution in [-0.2, 0) is 0 Å². The molecular formula is C12H10Cl2N2O. The summed E-state index contributed by atoms with van der Waals surface area (Å²) in [7, 11) is 0. The van der Waals surface area contributed by atoms with E-state index in [2.05, 4.69) is 9.97 Å². The number of carbonyl (C=O) groups excluding carboxylic acids is 1. The summed E-state index contributed by atoms with van der Waals surface area (Å²) in [4.78, 5) is 18.4. The molecule has 0 radical (unpaired) electrons. The number of nitrogens with zero attached hydrogens (tertiary/aromatic N) is 1. The van der Waals surface area contributed by atoms with E-state index in [0.717, 1.165) is 11.3 Å². The van der Waals surface area contributed by atoms with Gasteiger partial charge in [0.25, 0.3) is 0 Å². The van der Waals surface area contributed by atoms with Crippen LogP contribution in [0, 0.1) is 6.92 Å². The summed E-state index contributed by atoms with van der Waals surface area (Å²) in [6, 6.07) is 5.26. The summed E-state index contributed by atoms with van der Waals surface area (Å²) < 4.78 is 0. The molecule has 0 saturated heterocycles. The van der Waals surface area contributed by atoms with Crippen LogP contribution in [0.25, 0.3) is 11.3 Å². The number of aromatic nitrogens is 2. The van der Waals surface area contributed by atoms with E-state index in [9.17, 15) is 4.79 Å². The number of nitrogens with one attached hydrogen (secondary N) is 1. The number of hydrogen-bond donors (Lipinski definition) is 1. The molecule has 3 nitrogen and oxygen atoms in total. The van der Waals surface area contributed by atoms with Crippen molar-refractivity contribution in [1.29, 1.82) is 0 Å². The Kier molecular flexibility index (Phi) is 3.22. The van der Waals surface area contributed by atoms with Gasteiger partial charge in [-0.2, -0.15) is 0 Å². The van der Waals surface area contributed by atoms with Crippen molar-refractivity contribution < 1.29 is 4.79 Å². The number of aromatic amines is 1. The average molecular weight is 269 g/mol. The number of ketones is 1. The predicted octanol–water partition coefficient (Wildman–Crippen LogP) is 3.89. The molecule has 0 bridgehead atoms. The Labute approximate surface area is 109 Å². The topological polar surface area (TPSA) is 45.8 Å². The normalized spacial score (nSPS) is 10.6. The predicted molar refractivity (Wildman–Crippen MR) is 68.8 cm³/mol. The molecule has 1 N–H and O–H groups in total. The molecule has 2 rings (SSSR count). The molecule has 2 aromatic rings. The minimum absolute atomic E-state index is 0.0978. The summed E-state index contributed by atoms with van der Waals surface area (Å²) in [5, 5.41) is 0.964. The number of imidazole rings is 1. The molecular weight excluding hydrogens is 259 g/mol. The van der Waals surface area contributed by atoms with Crippen LogP contribution in [0.3, 0.4) is 0 Å². The van der Waals surface area contributed by atoms with Crippen molar-refractivity contribution in [3.63, 3.8) is 0 Å². The quantitative estimate of drug-likeness (QED) is 0.840. The molecule has 1 aromatic carbocycles. The number of Topliss-reactive ketones (excluding diaryl/α,β-unsaturated/α-hetero) is 1. The van der Waals surface area contributed by atoms with Crippen LogP contribution in [0.15, 0.2) is 18.2 Å². The zero-order valence-electron chi connectivity index (χ0n) is 9.34. The first-order chi connectivity index (χ1) is 7.99. The number of carbonyl (C=O) groups is 1. The number of rotatable bonds is 2. The smallest absolute Gasteiger partial charge is 0.195 e. The van der Waals surface area contributed by atoms with Crippen LogP contribution in [0.2, 0.25) is 10.0 Å². The first-order valence-electron chi connectivity index (χ1n) is 5.02. The van der Waals surface area contributed by atoms with Crippen LogP contribution in [0.5, 0.6) is 0 Å². The van der Waals surface area contributed by atoms with Gasteiger partial charge in [-0.15, -0.1) is 0 Å². The highest BCUT2D eigenvalue weighted by Crippen LogP contribution is 2.29. The van der Waals surface area contributed by atoms with Crippen LogP contribution in [0.4, 0.5) is 0 Å². The molecule has 5 heteroatoms. The Morgan fingerprint density at radius 3 is 2.53 bits per heavy atom. The van der Waals surface area contributed by atoms with Crippen molar-refractivity contribution in [2.45, 2.75) is 13.8 Å². The third-order valence-corrected chi connectivity index (χ3v) is 3.15. The van der Waals surface area contributed by atoms with Crippen molar-refractivity contribution in [2.75, 3.05) is 0 Å². The molecule has 88 valence electrons. The molecule has 1 heterocycles. The maximum absolute atomic E-state index is 11.2. The van der Waals surface area contributed by atoms with E-state index < -0.39 is 0 Å². The van der Waals surface area contributed by atoms with E-state index in [-0.39, 0.29) is 5.78 Å². The second kappa shape index (κ2) is 4.51. The second-order valence-electron chi connectivity index (χ2n) is 3.74. The van der Waals surface area contributed by atoms with E-state index in [4.69, 9.17) is 23.2 Å². The van der Waals surface area contributed by atoms with Crippen LogP contribution < -0.4 is 0 Å². The molecule has 0 amide bonds. The highest BCUT2D eigenvalue weighted by Gasteiger charge is 2.12. The minimum Gasteiger partial charge on any atom is -0.339 e. The number of hydrogen-bond acceptors (Lipinski definition) is 2. The van der Waals surface area contributed by atoms with Crippen molar-refractivity contribution in [2.24, 2.45) is 0 Å². The van der Waals surface area contributed by atoms with Gasteiger partial charge in [0.15, 0.2) is 11.6 Å². The third-order valence-electron chi connectivity index (χ3n) is 2.41. The van der Waals surface area contributed by atoms with E-state index in [0.29, 0.717) is 21.6 Å². The van der Waals surface area contributed by atoms with Gasteiger partial charge in [-0.25, -0.2) is 4.98 Å². The number of halogens is 2. The Morgan fingerprint density at radius 2 is 2.00 bits per heavy atom. The lowest BCUT2D eigenvalue weighted by Gasteiger charge is -2.00. The summed E-state index contributed by atoms with van der Waals surface area (Å²) in [6.45, 7) is 3.33. The van der Waals surface area contributed by atoms with Crippen LogP contribution >= 0.6 is 23.2 Å². The van der Waals surface area contributed by atoms with Crippen molar-refractivity contribution in [3.8, 4) is 11.3 Å². The molecule has 17 heavy (non-hydrogen) atoms. The lowest BCUT2D eigenvalue weighted by atomic mass is 10.1. The third kappa shape index (κ3) is 2.35. The molecule has 0 saturated carbocycles. The zero-order chi connectivity index (χ0) is 12.6. The van der Waals surface area contributed by atoms with Crippen LogP contribution in [-0.4, -0.2) is 15.8 Å². The van der Waals surface area contributed by atoms with Crippen molar-refractivity contribution in [3.05, 3.63) is 39.8 Å². The minimum atomic E-state index is -0.0978. The van der Waals surface area contributed by atoms with Gasteiger partial charge >= 0.3 is 0 Å². The van der Waals surface area contributed by atoms with Crippen LogP contribution in [0.1, 0.15) is 23.2 Å². The molecule has 0 fully saturated rings. The van der Waals surface area contributed by atoms with Gasteiger partial charge in [0, 0.05) is 18.2 Å². The van der Waals surface area contributed by atoms with E-state index in [1.165, 1.54) is 6.92 Å². The maximum Gasteiger partial charge on any atom is 0.195 e. The SMILES string of the molecule is CC(=O)c1nc(-c2ccc(Cl)c(Cl)c2)c(C)[nH]1. The van der Waals surface area contributed by atoms with Crippen molar-refractivity contribution >= 4 is 29.0 Å². The first kappa shape index (κ1) is 12.1. The number of H-pyrrole nitrogens is 1. The number of benzene rings is 1. The summed E-state index contributed by atoms with van der Waals surface area (Å²) in [6.07, 6.45) is 0. The van der Waals surface area contributed by atoms with Gasteiger partial charge in [0.2, 0.25) is 0 Å². The zero-order valence-corrected chi connectivity index (χ0v) is 10.9. The molecule has 1 aromatic heterocycles. The maximum atomic E-state index is 11.2. The molecule has 0 atom stereocenters. The Bertz CT molecular complexity index is 590. The molecule has 0 unspecified atom stereocenters. The van der Waals surface area contributed by atoms with Crippen molar-refractivity contribution in [1.82, 2.24) is 9.97 Å². The highest BCUT2D eigenvalue weighted by atomic mass is 35.5. The van der Waals surface area contributed by atoms with Gasteiger partial charge in [0.1, 0.15) is 0 Å². The molecule has 0 aliphatic heterocycles. The fourth-order valence-corrected chi connectivity index (χ4v) is 1.85. The standard InChI is InChI=1S/C12H10Cl2N2O/c1-6-11(16-12(15-6)7(2)17)8-3-4-9(13)10(14)5-8/h3-5H,1-2H3,(H,15,16). The molecule has 0 aliphatic carbocycles. The second-order valence-corrected chi connectivity index (χ2v) is 4.56. The Hall–Kier alpha value is -1.32. The largest absolute Gasteiger partial charge is 0.339 e. The van der Waals surface area contributed by atoms with Gasteiger partial charge < -0.3 is 4.98 Å². The monoisotopic (exact) mass is 268 g/mol.